The highest BCUT2D eigenvalue weighted by atomic mass is 32.2. The number of thiazole rings is 2. The first-order valence-corrected chi connectivity index (χ1v) is 27.3. The van der Waals surface area contributed by atoms with Crippen LogP contribution >= 0.6 is 22.7 Å². The van der Waals surface area contributed by atoms with Crippen LogP contribution in [-0.2, 0) is 46.7 Å². The predicted octanol–water partition coefficient (Wildman–Crippen LogP) is 8.10. The standard InChI is InChI=1S/C43H42N6O12S6/c1-26(2)64(51,52)48-42-44-27(3)40(62-42)28-11-21-36(59-4)38(23-28)66(55,56)47-31-15-19-33(20-16-31)61-25-35-41(63-43(45-35)49-65(53,54)34-9-7-6-8-10-34)29-12-22-37(60-5)39(24-29)67(57,58)46-30-13-17-32(50)18-14-30/h6-24,26,46-47,50H,25H2,1-5H3,(H,44,48)(H,45,49). The number of nitrogens with zero attached hydrogens (tertiary/aromatic N) is 2. The summed E-state index contributed by atoms with van der Waals surface area (Å²) in [6.45, 7) is 4.51. The lowest BCUT2D eigenvalue weighted by molar-refractivity contribution is 0.303. The Labute approximate surface area is 395 Å². The largest absolute Gasteiger partial charge is 0.508 e. The molecule has 0 spiro atoms. The zero-order valence-electron chi connectivity index (χ0n) is 36.0. The van der Waals surface area contributed by atoms with Crippen LogP contribution in [0.2, 0.25) is 0 Å². The maximum Gasteiger partial charge on any atom is 0.265 e. The average Bonchev–Trinajstić information content (AvgIpc) is 3.87. The second-order valence-electron chi connectivity index (χ2n) is 14.6. The fourth-order valence-electron chi connectivity index (χ4n) is 6.22. The van der Waals surface area contributed by atoms with Gasteiger partial charge in [0.2, 0.25) is 10.0 Å². The summed E-state index contributed by atoms with van der Waals surface area (Å²) in [7, 11) is -13.7. The van der Waals surface area contributed by atoms with Crippen molar-refractivity contribution in [2.45, 2.75) is 47.3 Å². The molecular formula is C43H42N6O12S6. The number of anilines is 4. The molecule has 5 N–H and O–H groups in total. The van der Waals surface area contributed by atoms with Gasteiger partial charge in [-0.25, -0.2) is 43.6 Å². The van der Waals surface area contributed by atoms with E-state index in [0.29, 0.717) is 26.6 Å². The molecule has 0 unspecified atom stereocenters. The van der Waals surface area contributed by atoms with Crippen LogP contribution in [0.3, 0.4) is 0 Å². The third kappa shape index (κ3) is 11.2. The van der Waals surface area contributed by atoms with Crippen molar-refractivity contribution < 1.29 is 53.0 Å². The van der Waals surface area contributed by atoms with Crippen LogP contribution in [0.5, 0.6) is 23.0 Å². The Balaban J connectivity index is 1.14. The molecule has 0 saturated carbocycles. The molecule has 0 radical (unpaired) electrons. The first-order valence-electron chi connectivity index (χ1n) is 19.7. The molecule has 7 aromatic rings. The third-order valence-corrected chi connectivity index (χ3v) is 18.0. The number of rotatable bonds is 19. The molecular weight excluding hydrogens is 985 g/mol. The Hall–Kier alpha value is -6.44. The number of aromatic nitrogens is 2. The Morgan fingerprint density at radius 1 is 0.597 bits per heavy atom. The highest BCUT2D eigenvalue weighted by Crippen LogP contribution is 2.40. The first kappa shape index (κ1) is 48.5. The molecule has 67 heavy (non-hydrogen) atoms. The number of hydrogen-bond donors (Lipinski definition) is 5. The number of hydrogen-bond acceptors (Lipinski definition) is 16. The van der Waals surface area contributed by atoms with Gasteiger partial charge in [-0.15, -0.1) is 0 Å². The summed E-state index contributed by atoms with van der Waals surface area (Å²) >= 11 is 2.00. The maximum atomic E-state index is 13.9. The van der Waals surface area contributed by atoms with E-state index in [4.69, 9.17) is 14.2 Å². The summed E-state index contributed by atoms with van der Waals surface area (Å²) in [5.41, 5.74) is 1.85. The van der Waals surface area contributed by atoms with E-state index in [1.165, 1.54) is 113 Å². The minimum absolute atomic E-state index is 0.0114. The van der Waals surface area contributed by atoms with Crippen molar-refractivity contribution in [2.24, 2.45) is 0 Å². The number of aryl methyl sites for hydroxylation is 1. The Kier molecular flexibility index (Phi) is 14.1. The van der Waals surface area contributed by atoms with Crippen molar-refractivity contribution in [2.75, 3.05) is 33.1 Å². The van der Waals surface area contributed by atoms with Crippen LogP contribution in [0.15, 0.2) is 130 Å². The molecule has 0 aliphatic carbocycles. The van der Waals surface area contributed by atoms with Gasteiger partial charge in [-0.05, 0) is 129 Å². The average molecular weight is 1030 g/mol. The quantitative estimate of drug-likeness (QED) is 0.0480. The minimum Gasteiger partial charge on any atom is -0.508 e. The van der Waals surface area contributed by atoms with Gasteiger partial charge in [0.15, 0.2) is 10.3 Å². The second kappa shape index (κ2) is 19.4. The van der Waals surface area contributed by atoms with Crippen LogP contribution in [0.1, 0.15) is 25.2 Å². The molecule has 2 heterocycles. The Morgan fingerprint density at radius 3 is 1.64 bits per heavy atom. The van der Waals surface area contributed by atoms with E-state index in [1.807, 2.05) is 0 Å². The normalized spacial score (nSPS) is 12.1. The topological polar surface area (TPSA) is 258 Å². The molecule has 0 aliphatic heterocycles. The van der Waals surface area contributed by atoms with E-state index in [9.17, 15) is 38.8 Å². The fraction of sp³-hybridized carbons (Fsp3) is 0.163. The van der Waals surface area contributed by atoms with Crippen LogP contribution in [-0.4, -0.2) is 68.2 Å². The van der Waals surface area contributed by atoms with Gasteiger partial charge in [0, 0.05) is 11.4 Å². The molecule has 0 saturated heterocycles. The van der Waals surface area contributed by atoms with Crippen molar-refractivity contribution in [1.82, 2.24) is 9.97 Å². The van der Waals surface area contributed by atoms with E-state index in [2.05, 4.69) is 28.9 Å². The van der Waals surface area contributed by atoms with Gasteiger partial charge in [-0.1, -0.05) is 40.9 Å². The summed E-state index contributed by atoms with van der Waals surface area (Å²) in [6.07, 6.45) is 0. The summed E-state index contributed by atoms with van der Waals surface area (Å²) in [5.74, 6) is 0.285. The van der Waals surface area contributed by atoms with E-state index in [-0.39, 0.29) is 71.6 Å². The van der Waals surface area contributed by atoms with E-state index in [0.717, 1.165) is 22.7 Å². The number of aromatic hydroxyl groups is 1. The van der Waals surface area contributed by atoms with Gasteiger partial charge in [0.05, 0.1) is 45.5 Å². The molecule has 0 fully saturated rings. The zero-order chi connectivity index (χ0) is 48.3. The molecule has 0 amide bonds. The van der Waals surface area contributed by atoms with E-state index < -0.39 is 45.3 Å². The number of sulfonamides is 4. The predicted molar refractivity (Wildman–Crippen MR) is 258 cm³/mol. The van der Waals surface area contributed by atoms with Crippen molar-refractivity contribution in [1.29, 1.82) is 0 Å². The number of phenols is 1. The molecule has 24 heteroatoms. The molecule has 5 aromatic carbocycles. The third-order valence-electron chi connectivity index (χ3n) is 9.65. The maximum absolute atomic E-state index is 13.9. The van der Waals surface area contributed by atoms with Crippen molar-refractivity contribution in [3.63, 3.8) is 0 Å². The van der Waals surface area contributed by atoms with Gasteiger partial charge < -0.3 is 19.3 Å². The fourth-order valence-corrected chi connectivity index (χ4v) is 12.8. The van der Waals surface area contributed by atoms with Crippen LogP contribution in [0.4, 0.5) is 21.6 Å². The molecule has 0 bridgehead atoms. The van der Waals surface area contributed by atoms with Crippen molar-refractivity contribution in [3.05, 3.63) is 127 Å². The van der Waals surface area contributed by atoms with Crippen molar-refractivity contribution >= 4 is 84.4 Å². The number of nitrogens with one attached hydrogen (secondary N) is 4. The Bertz CT molecular complexity index is 3380. The van der Waals surface area contributed by atoms with Crippen LogP contribution in [0.25, 0.3) is 20.9 Å². The van der Waals surface area contributed by atoms with Gasteiger partial charge in [0.1, 0.15) is 39.4 Å². The van der Waals surface area contributed by atoms with Gasteiger partial charge in [-0.3, -0.25) is 18.9 Å². The summed E-state index contributed by atoms with van der Waals surface area (Å²) in [6, 6.07) is 27.9. The highest BCUT2D eigenvalue weighted by Gasteiger charge is 2.26. The van der Waals surface area contributed by atoms with Gasteiger partial charge in [0.25, 0.3) is 30.1 Å². The summed E-state index contributed by atoms with van der Waals surface area (Å²) in [4.78, 5) is 9.34. The zero-order valence-corrected chi connectivity index (χ0v) is 40.9. The van der Waals surface area contributed by atoms with E-state index >= 15 is 0 Å². The molecule has 2 aromatic heterocycles. The molecule has 7 rings (SSSR count). The molecule has 352 valence electrons. The van der Waals surface area contributed by atoms with Gasteiger partial charge in [-0.2, -0.15) is 0 Å². The lowest BCUT2D eigenvalue weighted by Crippen LogP contribution is -2.22. The van der Waals surface area contributed by atoms with Gasteiger partial charge >= 0.3 is 0 Å². The van der Waals surface area contributed by atoms with Crippen molar-refractivity contribution in [3.8, 4) is 43.9 Å². The monoisotopic (exact) mass is 1030 g/mol. The SMILES string of the molecule is COc1ccc(-c2sc(NS(=O)(=O)C(C)C)nc2C)cc1S(=O)(=O)Nc1ccc(OCc2nc(NS(=O)(=O)c3ccccc3)sc2-c2ccc(OC)c(S(=O)(=O)Nc3ccc(O)cc3)c2)cc1. The lowest BCUT2D eigenvalue weighted by Gasteiger charge is -2.14. The Morgan fingerprint density at radius 2 is 1.10 bits per heavy atom. The number of methoxy groups -OCH3 is 2. The first-order chi connectivity index (χ1) is 31.7. The van der Waals surface area contributed by atoms with Crippen LogP contribution < -0.4 is 33.1 Å². The summed E-state index contributed by atoms with van der Waals surface area (Å²) < 4.78 is 134. The highest BCUT2D eigenvalue weighted by molar-refractivity contribution is 7.94. The smallest absolute Gasteiger partial charge is 0.265 e. The lowest BCUT2D eigenvalue weighted by atomic mass is 10.1. The molecule has 0 atom stereocenters. The minimum atomic E-state index is -4.28. The summed E-state index contributed by atoms with van der Waals surface area (Å²) in [5, 5.41) is 9.09. The molecule has 0 aliphatic rings. The van der Waals surface area contributed by atoms with Crippen LogP contribution in [0, 0.1) is 6.92 Å². The molecule has 18 nitrogen and oxygen atoms in total. The second-order valence-corrected chi connectivity index (χ2v) is 23.9. The van der Waals surface area contributed by atoms with E-state index in [1.54, 1.807) is 37.3 Å². The number of phenolic OH excluding ortho intramolecular Hbond substituents is 1. The number of ether oxygens (including phenoxy) is 3. The number of benzene rings is 5.